The number of pyridine rings is 1. The summed E-state index contributed by atoms with van der Waals surface area (Å²) >= 11 is 0. The molecule has 0 unspecified atom stereocenters. The van der Waals surface area contributed by atoms with Gasteiger partial charge < -0.3 is 4.74 Å². The highest BCUT2D eigenvalue weighted by atomic mass is 19.1. The minimum atomic E-state index is -0.267. The number of hydrogen-bond donors (Lipinski definition) is 1. The Morgan fingerprint density at radius 3 is 2.85 bits per heavy atom. The Morgan fingerprint density at radius 1 is 1.22 bits per heavy atom. The van der Waals surface area contributed by atoms with E-state index in [-0.39, 0.29) is 17.8 Å². The summed E-state index contributed by atoms with van der Waals surface area (Å²) in [6, 6.07) is 10.4. The molecule has 0 radical (unpaired) electrons. The van der Waals surface area contributed by atoms with Crippen LogP contribution in [0.2, 0.25) is 0 Å². The molecule has 1 fully saturated rings. The van der Waals surface area contributed by atoms with Crippen molar-refractivity contribution in [2.75, 3.05) is 13.2 Å². The summed E-state index contributed by atoms with van der Waals surface area (Å²) in [5.41, 5.74) is 1.70. The first-order chi connectivity index (χ1) is 13.1. The predicted molar refractivity (Wildman–Crippen MR) is 96.6 cm³/mol. The first-order valence-electron chi connectivity index (χ1n) is 8.70. The zero-order valence-electron chi connectivity index (χ0n) is 14.7. The smallest absolute Gasteiger partial charge is 0.202 e. The van der Waals surface area contributed by atoms with Gasteiger partial charge in [0.25, 0.3) is 0 Å². The van der Waals surface area contributed by atoms with Gasteiger partial charge in [0.05, 0.1) is 30.6 Å². The minimum Gasteiger partial charge on any atom is -0.379 e. The second-order valence-corrected chi connectivity index (χ2v) is 7.03. The van der Waals surface area contributed by atoms with Crippen LogP contribution in [0.15, 0.2) is 42.6 Å². The van der Waals surface area contributed by atoms with Crippen molar-refractivity contribution in [1.29, 1.82) is 0 Å². The van der Waals surface area contributed by atoms with E-state index in [4.69, 9.17) is 4.74 Å². The van der Waals surface area contributed by atoms with E-state index in [1.807, 2.05) is 12.1 Å². The average Bonchev–Trinajstić information content (AvgIpc) is 3.27. The second-order valence-electron chi connectivity index (χ2n) is 7.03. The monoisotopic (exact) mass is 364 g/mol. The zero-order chi connectivity index (χ0) is 18.4. The molecule has 27 heavy (non-hydrogen) atoms. The largest absolute Gasteiger partial charge is 0.379 e. The van der Waals surface area contributed by atoms with E-state index < -0.39 is 0 Å². The number of nitrogens with zero attached hydrogens (tertiary/aromatic N) is 5. The summed E-state index contributed by atoms with van der Waals surface area (Å²) in [6.07, 6.45) is 1.70. The van der Waals surface area contributed by atoms with Crippen molar-refractivity contribution in [2.45, 2.75) is 18.9 Å². The normalized spacial score (nSPS) is 15.8. The lowest BCUT2D eigenvalue weighted by atomic mass is 9.88. The van der Waals surface area contributed by atoms with Gasteiger partial charge in [-0.1, -0.05) is 18.2 Å². The van der Waals surface area contributed by atoms with E-state index in [1.54, 1.807) is 29.1 Å². The molecule has 0 aliphatic carbocycles. The number of fused-ring (bicyclic) bond motifs is 1. The summed E-state index contributed by atoms with van der Waals surface area (Å²) in [7, 11) is 0. The van der Waals surface area contributed by atoms with E-state index in [0.29, 0.717) is 35.9 Å². The average molecular weight is 364 g/mol. The lowest BCUT2D eigenvalue weighted by Crippen LogP contribution is -2.44. The number of aromatic nitrogens is 6. The highest BCUT2D eigenvalue weighted by Crippen LogP contribution is 2.31. The molecule has 4 heterocycles. The van der Waals surface area contributed by atoms with Crippen LogP contribution in [0.3, 0.4) is 0 Å². The van der Waals surface area contributed by atoms with E-state index in [1.165, 1.54) is 6.07 Å². The summed E-state index contributed by atoms with van der Waals surface area (Å²) in [5.74, 6) is 1.02. The van der Waals surface area contributed by atoms with Gasteiger partial charge in [-0.2, -0.15) is 10.2 Å². The van der Waals surface area contributed by atoms with Gasteiger partial charge in [0.1, 0.15) is 17.3 Å². The maximum atomic E-state index is 14.1. The zero-order valence-corrected chi connectivity index (χ0v) is 14.7. The van der Waals surface area contributed by atoms with Crippen LogP contribution < -0.4 is 0 Å². The van der Waals surface area contributed by atoms with Crippen molar-refractivity contribution >= 4 is 11.0 Å². The van der Waals surface area contributed by atoms with E-state index in [0.717, 1.165) is 11.2 Å². The SMILES string of the molecule is CC1(c2nc(-c3nn(Cc4ccccc4F)c4ncccc34)n[nH]2)COC1. The number of rotatable bonds is 4. The first-order valence-corrected chi connectivity index (χ1v) is 8.70. The highest BCUT2D eigenvalue weighted by Gasteiger charge is 2.39. The molecular formula is C19H17FN6O. The van der Waals surface area contributed by atoms with Crippen LogP contribution in [0.1, 0.15) is 18.3 Å². The minimum absolute atomic E-state index is 0.144. The number of halogens is 1. The molecule has 136 valence electrons. The fourth-order valence-corrected chi connectivity index (χ4v) is 3.26. The number of aromatic amines is 1. The van der Waals surface area contributed by atoms with Gasteiger partial charge in [-0.15, -0.1) is 0 Å². The van der Waals surface area contributed by atoms with Crippen LogP contribution in [-0.4, -0.2) is 43.2 Å². The number of hydrogen-bond acceptors (Lipinski definition) is 5. The van der Waals surface area contributed by atoms with Crippen molar-refractivity contribution in [3.8, 4) is 11.5 Å². The molecule has 0 bridgehead atoms. The van der Waals surface area contributed by atoms with Crippen LogP contribution in [0, 0.1) is 5.82 Å². The standard InChI is InChI=1S/C19H17FN6O/c1-19(10-27-11-19)18-22-16(23-24-18)15-13-6-4-8-21-17(13)26(25-15)9-12-5-2-3-7-14(12)20/h2-8H,9-11H2,1H3,(H,22,23,24). The van der Waals surface area contributed by atoms with Gasteiger partial charge in [0.15, 0.2) is 5.65 Å². The molecular weight excluding hydrogens is 347 g/mol. The summed E-state index contributed by atoms with van der Waals surface area (Å²) in [5, 5.41) is 12.8. The van der Waals surface area contributed by atoms with Crippen LogP contribution in [0.5, 0.6) is 0 Å². The van der Waals surface area contributed by atoms with E-state index in [2.05, 4.69) is 32.2 Å². The topological polar surface area (TPSA) is 81.5 Å². The Balaban J connectivity index is 1.59. The molecule has 1 saturated heterocycles. The summed E-state index contributed by atoms with van der Waals surface area (Å²) in [4.78, 5) is 9.07. The number of H-pyrrole nitrogens is 1. The Hall–Kier alpha value is -3.13. The number of nitrogens with one attached hydrogen (secondary N) is 1. The Morgan fingerprint density at radius 2 is 2.07 bits per heavy atom. The van der Waals surface area contributed by atoms with E-state index >= 15 is 0 Å². The first kappa shape index (κ1) is 16.1. The van der Waals surface area contributed by atoms with Crippen LogP contribution >= 0.6 is 0 Å². The van der Waals surface area contributed by atoms with Crippen molar-refractivity contribution in [3.05, 3.63) is 59.8 Å². The summed E-state index contributed by atoms with van der Waals surface area (Å²) < 4.78 is 21.1. The molecule has 3 aromatic heterocycles. The Labute approximate surface area is 154 Å². The lowest BCUT2D eigenvalue weighted by molar-refractivity contribution is -0.0541. The van der Waals surface area contributed by atoms with Gasteiger partial charge in [-0.3, -0.25) is 5.10 Å². The molecule has 0 amide bonds. The van der Waals surface area contributed by atoms with Gasteiger partial charge in [-0.05, 0) is 25.1 Å². The Bertz CT molecular complexity index is 1130. The van der Waals surface area contributed by atoms with Crippen molar-refractivity contribution in [2.24, 2.45) is 0 Å². The third-order valence-electron chi connectivity index (χ3n) is 4.90. The van der Waals surface area contributed by atoms with E-state index in [9.17, 15) is 4.39 Å². The predicted octanol–water partition coefficient (Wildman–Crippen LogP) is 2.69. The lowest BCUT2D eigenvalue weighted by Gasteiger charge is -2.35. The maximum Gasteiger partial charge on any atom is 0.202 e. The van der Waals surface area contributed by atoms with Gasteiger partial charge >= 0.3 is 0 Å². The van der Waals surface area contributed by atoms with Crippen molar-refractivity contribution < 1.29 is 9.13 Å². The van der Waals surface area contributed by atoms with Crippen molar-refractivity contribution in [3.63, 3.8) is 0 Å². The van der Waals surface area contributed by atoms with Crippen molar-refractivity contribution in [1.82, 2.24) is 29.9 Å². The molecule has 0 spiro atoms. The molecule has 1 aliphatic heterocycles. The molecule has 0 atom stereocenters. The molecule has 1 aromatic carbocycles. The van der Waals surface area contributed by atoms with Crippen LogP contribution in [0.4, 0.5) is 4.39 Å². The highest BCUT2D eigenvalue weighted by molar-refractivity contribution is 5.89. The molecule has 1 N–H and O–H groups in total. The van der Waals surface area contributed by atoms with Gasteiger partial charge in [0.2, 0.25) is 5.82 Å². The Kier molecular flexibility index (Phi) is 3.54. The molecule has 1 aliphatic rings. The molecule has 5 rings (SSSR count). The molecule has 7 nitrogen and oxygen atoms in total. The molecule has 4 aromatic rings. The fourth-order valence-electron chi connectivity index (χ4n) is 3.26. The third kappa shape index (κ3) is 2.60. The third-order valence-corrected chi connectivity index (χ3v) is 4.90. The van der Waals surface area contributed by atoms with Gasteiger partial charge in [0, 0.05) is 11.8 Å². The number of ether oxygens (including phenoxy) is 1. The fraction of sp³-hybridized carbons (Fsp3) is 0.263. The quantitative estimate of drug-likeness (QED) is 0.602. The maximum absolute atomic E-state index is 14.1. The van der Waals surface area contributed by atoms with Gasteiger partial charge in [-0.25, -0.2) is 19.0 Å². The number of benzene rings is 1. The second kappa shape index (κ2) is 5.95. The summed E-state index contributed by atoms with van der Waals surface area (Å²) in [6.45, 7) is 3.59. The molecule has 0 saturated carbocycles. The van der Waals surface area contributed by atoms with Crippen LogP contribution in [0.25, 0.3) is 22.6 Å². The van der Waals surface area contributed by atoms with Crippen LogP contribution in [-0.2, 0) is 16.7 Å². The molecule has 8 heteroatoms.